The zero-order valence-corrected chi connectivity index (χ0v) is 9.52. The van der Waals surface area contributed by atoms with Crippen LogP contribution < -0.4 is 5.73 Å². The summed E-state index contributed by atoms with van der Waals surface area (Å²) >= 11 is 0. The van der Waals surface area contributed by atoms with Crippen molar-refractivity contribution in [3.8, 4) is 0 Å². The van der Waals surface area contributed by atoms with Gasteiger partial charge in [0.1, 0.15) is 5.84 Å². The van der Waals surface area contributed by atoms with Crippen LogP contribution in [0.1, 0.15) is 19.3 Å². The highest BCUT2D eigenvalue weighted by atomic mass is 16.4. The third kappa shape index (κ3) is 4.99. The highest BCUT2D eigenvalue weighted by Gasteiger charge is 2.12. The summed E-state index contributed by atoms with van der Waals surface area (Å²) in [5, 5.41) is 11.3. The van der Waals surface area contributed by atoms with E-state index >= 15 is 0 Å². The van der Waals surface area contributed by atoms with Crippen molar-refractivity contribution < 1.29 is 5.21 Å². The van der Waals surface area contributed by atoms with Crippen molar-refractivity contribution >= 4 is 5.84 Å². The molecule has 0 atom stereocenters. The van der Waals surface area contributed by atoms with Crippen LogP contribution >= 0.6 is 0 Å². The molecule has 1 aliphatic heterocycles. The van der Waals surface area contributed by atoms with E-state index in [0.29, 0.717) is 12.3 Å². The van der Waals surface area contributed by atoms with Crippen LogP contribution in [0.3, 0.4) is 0 Å². The van der Waals surface area contributed by atoms with Crippen LogP contribution in [-0.2, 0) is 0 Å². The smallest absolute Gasteiger partial charge is 0.139 e. The van der Waals surface area contributed by atoms with Crippen molar-refractivity contribution in [1.29, 1.82) is 0 Å². The number of nitrogens with zero attached hydrogens (tertiary/aromatic N) is 3. The van der Waals surface area contributed by atoms with E-state index in [2.05, 4.69) is 22.0 Å². The van der Waals surface area contributed by atoms with Gasteiger partial charge in [-0.1, -0.05) is 5.16 Å². The molecule has 0 aliphatic carbocycles. The maximum absolute atomic E-state index is 8.36. The minimum atomic E-state index is 0.341. The fraction of sp³-hybridized carbons (Fsp3) is 0.900. The Balaban J connectivity index is 2.01. The number of hydrogen-bond donors (Lipinski definition) is 2. The number of unbranched alkanes of at least 4 members (excludes halogenated alkanes) is 1. The molecule has 1 rings (SSSR count). The SMILES string of the molecule is CN1CCN(CCCCC(N)=NO)CC1. The lowest BCUT2D eigenvalue weighted by Crippen LogP contribution is -2.44. The number of nitrogens with two attached hydrogens (primary N) is 1. The van der Waals surface area contributed by atoms with Crippen LogP contribution in [0.4, 0.5) is 0 Å². The predicted molar refractivity (Wildman–Crippen MR) is 61.2 cm³/mol. The molecule has 1 fully saturated rings. The van der Waals surface area contributed by atoms with Gasteiger partial charge in [0.25, 0.3) is 0 Å². The van der Waals surface area contributed by atoms with Gasteiger partial charge in [0, 0.05) is 32.6 Å². The highest BCUT2D eigenvalue weighted by molar-refractivity contribution is 5.79. The highest BCUT2D eigenvalue weighted by Crippen LogP contribution is 2.03. The van der Waals surface area contributed by atoms with Crippen LogP contribution in [-0.4, -0.2) is 60.6 Å². The standard InChI is InChI=1S/C10H22N4O/c1-13-6-8-14(9-7-13)5-3-2-4-10(11)12-15/h15H,2-9H2,1H3,(H2,11,12). The van der Waals surface area contributed by atoms with Crippen molar-refractivity contribution in [2.75, 3.05) is 39.8 Å². The van der Waals surface area contributed by atoms with Crippen molar-refractivity contribution in [1.82, 2.24) is 9.80 Å². The van der Waals surface area contributed by atoms with E-state index in [-0.39, 0.29) is 0 Å². The summed E-state index contributed by atoms with van der Waals surface area (Å²) in [4.78, 5) is 4.83. The molecule has 0 saturated carbocycles. The zero-order valence-electron chi connectivity index (χ0n) is 9.52. The molecule has 1 aliphatic rings. The molecule has 1 saturated heterocycles. The summed E-state index contributed by atoms with van der Waals surface area (Å²) in [5.41, 5.74) is 5.39. The van der Waals surface area contributed by atoms with E-state index < -0.39 is 0 Å². The van der Waals surface area contributed by atoms with Crippen LogP contribution in [0, 0.1) is 0 Å². The van der Waals surface area contributed by atoms with Crippen LogP contribution in [0.2, 0.25) is 0 Å². The molecule has 0 radical (unpaired) electrons. The Bertz CT molecular complexity index is 200. The maximum Gasteiger partial charge on any atom is 0.139 e. The predicted octanol–water partition coefficient (Wildman–Crippen LogP) is 0.151. The lowest BCUT2D eigenvalue weighted by molar-refractivity contribution is 0.152. The summed E-state index contributed by atoms with van der Waals surface area (Å²) in [6.07, 6.45) is 2.83. The number of piperazine rings is 1. The van der Waals surface area contributed by atoms with Gasteiger partial charge in [-0.05, 0) is 26.4 Å². The Morgan fingerprint density at radius 2 is 1.93 bits per heavy atom. The van der Waals surface area contributed by atoms with Gasteiger partial charge in [-0.3, -0.25) is 0 Å². The van der Waals surface area contributed by atoms with Crippen LogP contribution in [0.15, 0.2) is 5.16 Å². The topological polar surface area (TPSA) is 65.1 Å². The van der Waals surface area contributed by atoms with E-state index in [4.69, 9.17) is 10.9 Å². The first-order valence-corrected chi connectivity index (χ1v) is 5.59. The van der Waals surface area contributed by atoms with Gasteiger partial charge < -0.3 is 20.7 Å². The van der Waals surface area contributed by atoms with Crippen LogP contribution in [0.25, 0.3) is 0 Å². The minimum Gasteiger partial charge on any atom is -0.409 e. The number of hydrogen-bond acceptors (Lipinski definition) is 4. The lowest BCUT2D eigenvalue weighted by atomic mass is 10.2. The first-order chi connectivity index (χ1) is 7.22. The molecule has 0 amide bonds. The lowest BCUT2D eigenvalue weighted by Gasteiger charge is -2.32. The van der Waals surface area contributed by atoms with Gasteiger partial charge in [0.2, 0.25) is 0 Å². The normalized spacial score (nSPS) is 20.7. The van der Waals surface area contributed by atoms with E-state index in [9.17, 15) is 0 Å². The molecule has 0 unspecified atom stereocenters. The van der Waals surface area contributed by atoms with Crippen molar-refractivity contribution in [2.45, 2.75) is 19.3 Å². The summed E-state index contributed by atoms with van der Waals surface area (Å²) < 4.78 is 0. The van der Waals surface area contributed by atoms with Gasteiger partial charge in [-0.2, -0.15) is 0 Å². The fourth-order valence-corrected chi connectivity index (χ4v) is 1.76. The molecule has 1 heterocycles. The number of oxime groups is 1. The van der Waals surface area contributed by atoms with Crippen molar-refractivity contribution in [2.24, 2.45) is 10.9 Å². The second kappa shape index (κ2) is 6.63. The monoisotopic (exact) mass is 214 g/mol. The number of rotatable bonds is 5. The summed E-state index contributed by atoms with van der Waals surface area (Å²) in [6.45, 7) is 5.80. The van der Waals surface area contributed by atoms with Crippen molar-refractivity contribution in [3.05, 3.63) is 0 Å². The minimum absolute atomic E-state index is 0.341. The molecule has 0 spiro atoms. The summed E-state index contributed by atoms with van der Waals surface area (Å²) in [6, 6.07) is 0. The Kier molecular flexibility index (Phi) is 5.42. The molecule has 15 heavy (non-hydrogen) atoms. The first kappa shape index (κ1) is 12.3. The largest absolute Gasteiger partial charge is 0.409 e. The molecular formula is C10H22N4O. The van der Waals surface area contributed by atoms with Gasteiger partial charge in [-0.25, -0.2) is 0 Å². The molecule has 5 heteroatoms. The Morgan fingerprint density at radius 3 is 2.53 bits per heavy atom. The first-order valence-electron chi connectivity index (χ1n) is 5.59. The Morgan fingerprint density at radius 1 is 1.27 bits per heavy atom. The molecule has 88 valence electrons. The quantitative estimate of drug-likeness (QED) is 0.225. The molecule has 0 aromatic carbocycles. The number of amidine groups is 1. The van der Waals surface area contributed by atoms with Gasteiger partial charge >= 0.3 is 0 Å². The molecule has 0 aromatic rings. The Hall–Kier alpha value is -0.810. The Labute approximate surface area is 91.5 Å². The molecule has 0 aromatic heterocycles. The second-order valence-corrected chi connectivity index (χ2v) is 4.19. The van der Waals surface area contributed by atoms with Gasteiger partial charge in [0.05, 0.1) is 0 Å². The third-order valence-corrected chi connectivity index (χ3v) is 2.88. The molecule has 5 nitrogen and oxygen atoms in total. The molecule has 3 N–H and O–H groups in total. The van der Waals surface area contributed by atoms with E-state index in [1.54, 1.807) is 0 Å². The molecule has 0 bridgehead atoms. The average Bonchev–Trinajstić information content (AvgIpc) is 2.26. The third-order valence-electron chi connectivity index (χ3n) is 2.88. The second-order valence-electron chi connectivity index (χ2n) is 4.19. The van der Waals surface area contributed by atoms with E-state index in [1.807, 2.05) is 0 Å². The maximum atomic E-state index is 8.36. The van der Waals surface area contributed by atoms with Crippen LogP contribution in [0.5, 0.6) is 0 Å². The average molecular weight is 214 g/mol. The van der Waals surface area contributed by atoms with Gasteiger partial charge in [0.15, 0.2) is 0 Å². The van der Waals surface area contributed by atoms with Gasteiger partial charge in [-0.15, -0.1) is 0 Å². The summed E-state index contributed by atoms with van der Waals surface area (Å²) in [5.74, 6) is 0.341. The van der Waals surface area contributed by atoms with E-state index in [0.717, 1.165) is 19.4 Å². The van der Waals surface area contributed by atoms with Crippen molar-refractivity contribution in [3.63, 3.8) is 0 Å². The molecular weight excluding hydrogens is 192 g/mol. The fourth-order valence-electron chi connectivity index (χ4n) is 1.76. The zero-order chi connectivity index (χ0) is 11.1. The number of likely N-dealkylation sites (N-methyl/N-ethyl adjacent to an activating group) is 1. The van der Waals surface area contributed by atoms with E-state index in [1.165, 1.54) is 26.2 Å². The summed E-state index contributed by atoms with van der Waals surface area (Å²) in [7, 11) is 2.16.